The number of ether oxygens (including phenoxy) is 2. The number of anilines is 1. The van der Waals surface area contributed by atoms with Gasteiger partial charge in [-0.05, 0) is 43.3 Å². The van der Waals surface area contributed by atoms with Gasteiger partial charge in [0, 0.05) is 5.56 Å². The summed E-state index contributed by atoms with van der Waals surface area (Å²) < 4.78 is 11.3. The standard InChI is InChI=1S/C23H21NO4/c1-17(25)19-11-5-7-13-21(19)24-23(26)20-12-6-8-14-22(20)28-16-15-27-18-9-3-2-4-10-18/h2-14H,15-16H2,1H3,(H,24,26). The molecule has 0 saturated heterocycles. The molecule has 0 fully saturated rings. The number of hydrogen-bond acceptors (Lipinski definition) is 4. The second kappa shape index (κ2) is 9.37. The molecule has 5 nitrogen and oxygen atoms in total. The van der Waals surface area contributed by atoms with E-state index in [1.807, 2.05) is 30.3 Å². The highest BCUT2D eigenvalue weighted by Crippen LogP contribution is 2.22. The Morgan fingerprint density at radius 2 is 1.36 bits per heavy atom. The van der Waals surface area contributed by atoms with Gasteiger partial charge in [-0.15, -0.1) is 0 Å². The number of amides is 1. The lowest BCUT2D eigenvalue weighted by Gasteiger charge is -2.13. The van der Waals surface area contributed by atoms with Gasteiger partial charge >= 0.3 is 0 Å². The van der Waals surface area contributed by atoms with Crippen LogP contribution in [0.4, 0.5) is 5.69 Å². The maximum atomic E-state index is 12.7. The maximum absolute atomic E-state index is 12.7. The lowest BCUT2D eigenvalue weighted by atomic mass is 10.1. The summed E-state index contributed by atoms with van der Waals surface area (Å²) in [6.45, 7) is 2.12. The van der Waals surface area contributed by atoms with Crippen molar-refractivity contribution in [1.29, 1.82) is 0 Å². The van der Waals surface area contributed by atoms with E-state index in [9.17, 15) is 9.59 Å². The summed E-state index contributed by atoms with van der Waals surface area (Å²) in [5.74, 6) is 0.765. The largest absolute Gasteiger partial charge is 0.490 e. The smallest absolute Gasteiger partial charge is 0.259 e. The molecule has 0 aliphatic carbocycles. The van der Waals surface area contributed by atoms with Crippen LogP contribution >= 0.6 is 0 Å². The molecule has 0 heterocycles. The van der Waals surface area contributed by atoms with E-state index in [1.165, 1.54) is 6.92 Å². The van der Waals surface area contributed by atoms with E-state index in [2.05, 4.69) is 5.32 Å². The summed E-state index contributed by atoms with van der Waals surface area (Å²) in [5, 5.41) is 2.79. The zero-order valence-electron chi connectivity index (χ0n) is 15.6. The van der Waals surface area contributed by atoms with Crippen molar-refractivity contribution < 1.29 is 19.1 Å². The van der Waals surface area contributed by atoms with Crippen molar-refractivity contribution in [3.05, 3.63) is 90.0 Å². The molecule has 0 atom stereocenters. The molecule has 0 bridgehead atoms. The summed E-state index contributed by atoms with van der Waals surface area (Å²) in [4.78, 5) is 24.5. The first kappa shape index (κ1) is 19.2. The van der Waals surface area contributed by atoms with Crippen LogP contribution in [0.3, 0.4) is 0 Å². The van der Waals surface area contributed by atoms with Crippen LogP contribution < -0.4 is 14.8 Å². The molecule has 0 spiro atoms. The molecular weight excluding hydrogens is 354 g/mol. The quantitative estimate of drug-likeness (QED) is 0.462. The molecule has 3 rings (SSSR count). The molecule has 3 aromatic rings. The Morgan fingerprint density at radius 3 is 2.11 bits per heavy atom. The Kier molecular flexibility index (Phi) is 6.41. The second-order valence-corrected chi connectivity index (χ2v) is 6.06. The summed E-state index contributed by atoms with van der Waals surface area (Å²) in [6.07, 6.45) is 0. The molecule has 1 N–H and O–H groups in total. The van der Waals surface area contributed by atoms with Crippen LogP contribution in [0.2, 0.25) is 0 Å². The molecule has 142 valence electrons. The fourth-order valence-corrected chi connectivity index (χ4v) is 2.70. The third-order valence-electron chi connectivity index (χ3n) is 4.04. The molecule has 3 aromatic carbocycles. The predicted molar refractivity (Wildman–Crippen MR) is 108 cm³/mol. The van der Waals surface area contributed by atoms with Crippen LogP contribution in [-0.4, -0.2) is 24.9 Å². The molecule has 0 aromatic heterocycles. The number of nitrogens with one attached hydrogen (secondary N) is 1. The van der Waals surface area contributed by atoms with Gasteiger partial charge in [0.1, 0.15) is 24.7 Å². The van der Waals surface area contributed by atoms with Crippen molar-refractivity contribution in [2.45, 2.75) is 6.92 Å². The topological polar surface area (TPSA) is 64.6 Å². The third-order valence-corrected chi connectivity index (χ3v) is 4.04. The number of para-hydroxylation sites is 3. The van der Waals surface area contributed by atoms with Crippen LogP contribution in [0.5, 0.6) is 11.5 Å². The third kappa shape index (κ3) is 4.98. The number of carbonyl (C=O) groups is 2. The van der Waals surface area contributed by atoms with E-state index < -0.39 is 0 Å². The summed E-state index contributed by atoms with van der Waals surface area (Å²) in [5.41, 5.74) is 1.33. The fourth-order valence-electron chi connectivity index (χ4n) is 2.70. The van der Waals surface area contributed by atoms with Crippen molar-refractivity contribution in [3.63, 3.8) is 0 Å². The van der Waals surface area contributed by atoms with Gasteiger partial charge in [0.25, 0.3) is 5.91 Å². The number of Topliss-reactive ketones (excluding diaryl/α,β-unsaturated/α-hetero) is 1. The molecule has 0 radical (unpaired) electrons. The van der Waals surface area contributed by atoms with Gasteiger partial charge < -0.3 is 14.8 Å². The number of hydrogen-bond donors (Lipinski definition) is 1. The normalized spacial score (nSPS) is 10.2. The van der Waals surface area contributed by atoms with E-state index >= 15 is 0 Å². The van der Waals surface area contributed by atoms with E-state index in [0.29, 0.717) is 35.8 Å². The first-order chi connectivity index (χ1) is 13.6. The van der Waals surface area contributed by atoms with Crippen molar-refractivity contribution in [1.82, 2.24) is 0 Å². The minimum atomic E-state index is -0.340. The predicted octanol–water partition coefficient (Wildman–Crippen LogP) is 4.60. The van der Waals surface area contributed by atoms with Crippen molar-refractivity contribution in [2.75, 3.05) is 18.5 Å². The average molecular weight is 375 g/mol. The minimum absolute atomic E-state index is 0.113. The molecule has 0 aliphatic heterocycles. The van der Waals surface area contributed by atoms with Gasteiger partial charge in [-0.1, -0.05) is 42.5 Å². The zero-order valence-corrected chi connectivity index (χ0v) is 15.6. The fraction of sp³-hybridized carbons (Fsp3) is 0.130. The highest BCUT2D eigenvalue weighted by Gasteiger charge is 2.15. The molecule has 0 aliphatic rings. The van der Waals surface area contributed by atoms with E-state index in [-0.39, 0.29) is 11.7 Å². The van der Waals surface area contributed by atoms with Gasteiger partial charge in [0.2, 0.25) is 0 Å². The molecule has 5 heteroatoms. The summed E-state index contributed by atoms with van der Waals surface area (Å²) >= 11 is 0. The number of benzene rings is 3. The Hall–Kier alpha value is -3.60. The van der Waals surface area contributed by atoms with E-state index in [0.717, 1.165) is 5.75 Å². The van der Waals surface area contributed by atoms with Crippen LogP contribution in [0.1, 0.15) is 27.6 Å². The monoisotopic (exact) mass is 375 g/mol. The number of carbonyl (C=O) groups excluding carboxylic acids is 2. The highest BCUT2D eigenvalue weighted by atomic mass is 16.5. The Labute approximate surface area is 163 Å². The van der Waals surface area contributed by atoms with Gasteiger partial charge in [0.15, 0.2) is 5.78 Å². The first-order valence-electron chi connectivity index (χ1n) is 8.96. The highest BCUT2D eigenvalue weighted by molar-refractivity contribution is 6.10. The average Bonchev–Trinajstić information content (AvgIpc) is 2.72. The minimum Gasteiger partial charge on any atom is -0.490 e. The Bertz CT molecular complexity index is 954. The SMILES string of the molecule is CC(=O)c1ccccc1NC(=O)c1ccccc1OCCOc1ccccc1. The van der Waals surface area contributed by atoms with Gasteiger partial charge in [-0.3, -0.25) is 9.59 Å². The van der Waals surface area contributed by atoms with Crippen molar-refractivity contribution in [3.8, 4) is 11.5 Å². The van der Waals surface area contributed by atoms with Crippen LogP contribution in [-0.2, 0) is 0 Å². The lowest BCUT2D eigenvalue weighted by molar-refractivity contribution is 0.101. The van der Waals surface area contributed by atoms with E-state index in [4.69, 9.17) is 9.47 Å². The van der Waals surface area contributed by atoms with Crippen molar-refractivity contribution >= 4 is 17.4 Å². The molecule has 28 heavy (non-hydrogen) atoms. The zero-order chi connectivity index (χ0) is 19.8. The maximum Gasteiger partial charge on any atom is 0.259 e. The van der Waals surface area contributed by atoms with Crippen molar-refractivity contribution in [2.24, 2.45) is 0 Å². The first-order valence-corrected chi connectivity index (χ1v) is 8.96. The summed E-state index contributed by atoms with van der Waals surface area (Å²) in [7, 11) is 0. The Balaban J connectivity index is 1.64. The lowest BCUT2D eigenvalue weighted by Crippen LogP contribution is -2.17. The molecule has 0 unspecified atom stereocenters. The van der Waals surface area contributed by atoms with Crippen LogP contribution in [0.15, 0.2) is 78.9 Å². The molecule has 1 amide bonds. The molecular formula is C23H21NO4. The van der Waals surface area contributed by atoms with Crippen LogP contribution in [0, 0.1) is 0 Å². The number of rotatable bonds is 8. The summed E-state index contributed by atoms with van der Waals surface area (Å²) in [6, 6.07) is 23.3. The van der Waals surface area contributed by atoms with Gasteiger partial charge in [0.05, 0.1) is 11.3 Å². The van der Waals surface area contributed by atoms with Gasteiger partial charge in [-0.2, -0.15) is 0 Å². The Morgan fingerprint density at radius 1 is 0.750 bits per heavy atom. The second-order valence-electron chi connectivity index (χ2n) is 6.06. The number of ketones is 1. The van der Waals surface area contributed by atoms with Gasteiger partial charge in [-0.25, -0.2) is 0 Å². The van der Waals surface area contributed by atoms with Crippen LogP contribution in [0.25, 0.3) is 0 Å². The van der Waals surface area contributed by atoms with E-state index in [1.54, 1.807) is 48.5 Å². The molecule has 0 saturated carbocycles.